The highest BCUT2D eigenvalue weighted by Gasteiger charge is 2.35. The largest absolute Gasteiger partial charge is 0.467 e. The number of alkyl halides is 3. The first-order valence-electron chi connectivity index (χ1n) is 8.30. The van der Waals surface area contributed by atoms with E-state index in [1.165, 1.54) is 0 Å². The summed E-state index contributed by atoms with van der Waals surface area (Å²) in [5.41, 5.74) is -0.761. The lowest BCUT2D eigenvalue weighted by Crippen LogP contribution is -2.65. The number of nitrogens with zero attached hydrogens (tertiary/aromatic N) is 1. The number of hydrogen-bond acceptors (Lipinski definition) is 6. The number of rotatable bonds is 5. The van der Waals surface area contributed by atoms with Crippen molar-refractivity contribution < 1.29 is 32.3 Å². The molecule has 3 N–H and O–H groups in total. The summed E-state index contributed by atoms with van der Waals surface area (Å²) >= 11 is 0. The van der Waals surface area contributed by atoms with Crippen LogP contribution in [0.25, 0.3) is 0 Å². The van der Waals surface area contributed by atoms with E-state index in [9.17, 15) is 27.6 Å². The molecular formula is C17H21F3N4O4. The maximum Gasteiger partial charge on any atom is 0.416 e. The van der Waals surface area contributed by atoms with Crippen molar-refractivity contribution in [1.82, 2.24) is 20.9 Å². The van der Waals surface area contributed by atoms with E-state index in [2.05, 4.69) is 20.7 Å². The van der Waals surface area contributed by atoms with Gasteiger partial charge >= 0.3 is 12.1 Å². The number of carbonyl (C=O) groups is 3. The van der Waals surface area contributed by atoms with E-state index < -0.39 is 42.0 Å². The predicted octanol–water partition coefficient (Wildman–Crippen LogP) is 0.359. The normalized spacial score (nSPS) is 21.0. The second-order valence-electron chi connectivity index (χ2n) is 6.44. The van der Waals surface area contributed by atoms with Crippen LogP contribution in [0.15, 0.2) is 24.3 Å². The Kier molecular flexibility index (Phi) is 6.62. The summed E-state index contributed by atoms with van der Waals surface area (Å²) in [7, 11) is 4.48. The first kappa shape index (κ1) is 21.6. The monoisotopic (exact) mass is 402 g/mol. The molecule has 154 valence electrons. The minimum Gasteiger partial charge on any atom is -0.467 e. The number of ether oxygens (including phenoxy) is 1. The number of hydrogen-bond donors (Lipinski definition) is 3. The van der Waals surface area contributed by atoms with Gasteiger partial charge in [-0.25, -0.2) is 4.79 Å². The Balaban J connectivity index is 2.19. The van der Waals surface area contributed by atoms with Crippen LogP contribution in [0.3, 0.4) is 0 Å². The molecule has 1 saturated heterocycles. The van der Waals surface area contributed by atoms with E-state index in [-0.39, 0.29) is 17.9 Å². The number of nitrogens with one attached hydrogen (secondary N) is 3. The Hall–Kier alpha value is -2.66. The second kappa shape index (κ2) is 8.57. The van der Waals surface area contributed by atoms with Gasteiger partial charge in [-0.15, -0.1) is 0 Å². The summed E-state index contributed by atoms with van der Waals surface area (Å²) in [6.45, 7) is 0. The van der Waals surface area contributed by atoms with Crippen LogP contribution in [-0.4, -0.2) is 56.2 Å². The Morgan fingerprint density at radius 3 is 2.36 bits per heavy atom. The molecule has 2 amide bonds. The van der Waals surface area contributed by atoms with Crippen LogP contribution < -0.4 is 16.0 Å². The molecule has 1 heterocycles. The smallest absolute Gasteiger partial charge is 0.416 e. The number of carbonyl (C=O) groups excluding carboxylic acids is 3. The number of benzene rings is 1. The Labute approximate surface area is 159 Å². The average Bonchev–Trinajstić information content (AvgIpc) is 2.64. The molecule has 2 rings (SSSR count). The molecule has 8 nitrogen and oxygen atoms in total. The van der Waals surface area contributed by atoms with Crippen LogP contribution in [0.4, 0.5) is 13.2 Å². The van der Waals surface area contributed by atoms with E-state index >= 15 is 0 Å². The Morgan fingerprint density at radius 1 is 1.25 bits per heavy atom. The van der Waals surface area contributed by atoms with E-state index in [4.69, 9.17) is 0 Å². The Bertz CT molecular complexity index is 737. The molecular weight excluding hydrogens is 381 g/mol. The fourth-order valence-electron chi connectivity index (χ4n) is 2.64. The summed E-state index contributed by atoms with van der Waals surface area (Å²) in [5.74, 6) is -1.86. The maximum atomic E-state index is 12.7. The van der Waals surface area contributed by atoms with Gasteiger partial charge in [0.15, 0.2) is 6.04 Å². The van der Waals surface area contributed by atoms with Crippen LogP contribution in [-0.2, 0) is 25.3 Å². The minimum atomic E-state index is -4.52. The molecule has 0 radical (unpaired) electrons. The standard InChI is InChI=1S/C17H21F3N4O4/c1-24(2)16-21-11(8-12(25)22-16)14(26)23-13(15(27)28-3)9-4-6-10(7-5-9)17(18,19)20/h4-7,11,13,16,21H,8H2,1-3H3,(H,22,25)(H,23,26). The molecule has 1 aromatic rings. The van der Waals surface area contributed by atoms with Gasteiger partial charge in [0.25, 0.3) is 0 Å². The summed E-state index contributed by atoms with van der Waals surface area (Å²) < 4.78 is 42.8. The second-order valence-corrected chi connectivity index (χ2v) is 6.44. The number of esters is 1. The molecule has 3 unspecified atom stereocenters. The predicted molar refractivity (Wildman–Crippen MR) is 91.5 cm³/mol. The minimum absolute atomic E-state index is 0.123. The van der Waals surface area contributed by atoms with Crippen LogP contribution in [0.5, 0.6) is 0 Å². The zero-order valence-electron chi connectivity index (χ0n) is 15.5. The van der Waals surface area contributed by atoms with Crippen LogP contribution >= 0.6 is 0 Å². The average molecular weight is 402 g/mol. The molecule has 1 aliphatic rings. The van der Waals surface area contributed by atoms with Crippen molar-refractivity contribution in [2.75, 3.05) is 21.2 Å². The lowest BCUT2D eigenvalue weighted by Gasteiger charge is -2.35. The van der Waals surface area contributed by atoms with Crippen molar-refractivity contribution in [2.45, 2.75) is 31.0 Å². The highest BCUT2D eigenvalue weighted by atomic mass is 19.4. The quantitative estimate of drug-likeness (QED) is 0.615. The molecule has 3 atom stereocenters. The van der Waals surface area contributed by atoms with E-state index in [1.54, 1.807) is 19.0 Å². The van der Waals surface area contributed by atoms with E-state index in [0.29, 0.717) is 0 Å². The van der Waals surface area contributed by atoms with Crippen molar-refractivity contribution in [3.05, 3.63) is 35.4 Å². The number of methoxy groups -OCH3 is 1. The third kappa shape index (κ3) is 5.20. The Morgan fingerprint density at radius 2 is 1.86 bits per heavy atom. The molecule has 28 heavy (non-hydrogen) atoms. The highest BCUT2D eigenvalue weighted by molar-refractivity contribution is 5.92. The molecule has 11 heteroatoms. The molecule has 0 aliphatic carbocycles. The summed E-state index contributed by atoms with van der Waals surface area (Å²) in [6.07, 6.45) is -5.26. The molecule has 1 aromatic carbocycles. The summed E-state index contributed by atoms with van der Waals surface area (Å²) in [6, 6.07) is 1.56. The molecule has 0 spiro atoms. The zero-order valence-corrected chi connectivity index (χ0v) is 15.5. The van der Waals surface area contributed by atoms with Crippen molar-refractivity contribution in [3.8, 4) is 0 Å². The van der Waals surface area contributed by atoms with E-state index in [1.807, 2.05) is 0 Å². The third-order valence-corrected chi connectivity index (χ3v) is 4.17. The fraction of sp³-hybridized carbons (Fsp3) is 0.471. The van der Waals surface area contributed by atoms with Crippen LogP contribution in [0, 0.1) is 0 Å². The van der Waals surface area contributed by atoms with Gasteiger partial charge in [0, 0.05) is 0 Å². The number of halogens is 3. The molecule has 1 aliphatic heterocycles. The first-order chi connectivity index (χ1) is 13.0. The van der Waals surface area contributed by atoms with Gasteiger partial charge in [-0.2, -0.15) is 13.2 Å². The van der Waals surface area contributed by atoms with Crippen molar-refractivity contribution >= 4 is 17.8 Å². The van der Waals surface area contributed by atoms with Gasteiger partial charge in [0.05, 0.1) is 25.1 Å². The van der Waals surface area contributed by atoms with Crippen molar-refractivity contribution in [3.63, 3.8) is 0 Å². The van der Waals surface area contributed by atoms with Gasteiger partial charge < -0.3 is 15.4 Å². The molecule has 0 aromatic heterocycles. The molecule has 1 fully saturated rings. The van der Waals surface area contributed by atoms with E-state index in [0.717, 1.165) is 31.4 Å². The number of amides is 2. The van der Waals surface area contributed by atoms with Gasteiger partial charge in [-0.1, -0.05) is 12.1 Å². The highest BCUT2D eigenvalue weighted by Crippen LogP contribution is 2.30. The lowest BCUT2D eigenvalue weighted by molar-refractivity contribution is -0.146. The van der Waals surface area contributed by atoms with Crippen molar-refractivity contribution in [1.29, 1.82) is 0 Å². The van der Waals surface area contributed by atoms with Gasteiger partial charge in [0.1, 0.15) is 6.29 Å². The third-order valence-electron chi connectivity index (χ3n) is 4.17. The molecule has 0 saturated carbocycles. The van der Waals surface area contributed by atoms with Gasteiger partial charge in [0.2, 0.25) is 11.8 Å². The van der Waals surface area contributed by atoms with Crippen LogP contribution in [0.1, 0.15) is 23.6 Å². The van der Waals surface area contributed by atoms with Crippen molar-refractivity contribution in [2.24, 2.45) is 0 Å². The molecule has 0 bridgehead atoms. The van der Waals surface area contributed by atoms with Gasteiger partial charge in [-0.3, -0.25) is 19.8 Å². The summed E-state index contributed by atoms with van der Waals surface area (Å²) in [4.78, 5) is 38.1. The fourth-order valence-corrected chi connectivity index (χ4v) is 2.64. The lowest BCUT2D eigenvalue weighted by atomic mass is 10.0. The SMILES string of the molecule is COC(=O)C(NC(=O)C1CC(=O)NC(N(C)C)N1)c1ccc(C(F)(F)F)cc1. The first-order valence-corrected chi connectivity index (χ1v) is 8.30. The van der Waals surface area contributed by atoms with Crippen LogP contribution in [0.2, 0.25) is 0 Å². The zero-order chi connectivity index (χ0) is 21.1. The topological polar surface area (TPSA) is 99.8 Å². The van der Waals surface area contributed by atoms with Gasteiger partial charge in [-0.05, 0) is 31.8 Å². The summed E-state index contributed by atoms with van der Waals surface area (Å²) in [5, 5.41) is 7.98. The maximum absolute atomic E-state index is 12.7.